The lowest BCUT2D eigenvalue weighted by atomic mass is 9.84. The minimum atomic E-state index is -0.136. The molecule has 0 aliphatic rings. The summed E-state index contributed by atoms with van der Waals surface area (Å²) in [6.45, 7) is 18.6. The van der Waals surface area contributed by atoms with Gasteiger partial charge in [-0.2, -0.15) is 0 Å². The van der Waals surface area contributed by atoms with Crippen LogP contribution < -0.4 is 0 Å². The summed E-state index contributed by atoms with van der Waals surface area (Å²) in [6.07, 6.45) is 4.23. The first kappa shape index (κ1) is 29.3. The van der Waals surface area contributed by atoms with Gasteiger partial charge in [0.05, 0.1) is 46.2 Å². The fourth-order valence-electron chi connectivity index (χ4n) is 2.99. The highest BCUT2D eigenvalue weighted by Crippen LogP contribution is 2.25. The summed E-state index contributed by atoms with van der Waals surface area (Å²) in [4.78, 5) is 11.7. The normalized spacial score (nSPS) is 13.0. The molecule has 6 heteroatoms. The van der Waals surface area contributed by atoms with Crippen molar-refractivity contribution in [2.24, 2.45) is 17.3 Å². The molecule has 1 atom stereocenters. The van der Waals surface area contributed by atoms with Crippen LogP contribution in [-0.2, 0) is 28.5 Å². The van der Waals surface area contributed by atoms with E-state index in [1.165, 1.54) is 0 Å². The predicted octanol–water partition coefficient (Wildman–Crippen LogP) is 4.88. The Hall–Kier alpha value is -0.690. The van der Waals surface area contributed by atoms with E-state index in [9.17, 15) is 4.79 Å². The predicted molar refractivity (Wildman–Crippen MR) is 121 cm³/mol. The van der Waals surface area contributed by atoms with Gasteiger partial charge in [-0.3, -0.25) is 4.79 Å². The Labute approximate surface area is 185 Å². The second-order valence-electron chi connectivity index (χ2n) is 9.61. The molecule has 0 bridgehead atoms. The maximum Gasteiger partial charge on any atom is 0.305 e. The first-order chi connectivity index (χ1) is 14.2. The minimum Gasteiger partial charge on any atom is -0.466 e. The Morgan fingerprint density at radius 3 is 1.70 bits per heavy atom. The molecule has 0 N–H and O–H groups in total. The molecule has 0 saturated carbocycles. The van der Waals surface area contributed by atoms with Crippen LogP contribution in [-0.4, -0.2) is 65.4 Å². The molecule has 0 radical (unpaired) electrons. The standard InChI is InChI=1S/C24H48O6/c1-21(2)9-12-27-15-17-29-19-18-28-16-14-26-11-7-8-23(25)30-13-10-22(3)20-24(4,5)6/h21-22H,7-20H2,1-6H3. The van der Waals surface area contributed by atoms with E-state index in [-0.39, 0.29) is 5.97 Å². The quantitative estimate of drug-likeness (QED) is 0.202. The number of rotatable bonds is 20. The number of carbonyl (C=O) groups is 1. The fourth-order valence-corrected chi connectivity index (χ4v) is 2.99. The zero-order valence-corrected chi connectivity index (χ0v) is 20.5. The van der Waals surface area contributed by atoms with Crippen LogP contribution in [0.2, 0.25) is 0 Å². The number of esters is 1. The zero-order valence-electron chi connectivity index (χ0n) is 20.5. The summed E-state index contributed by atoms with van der Waals surface area (Å²) < 4.78 is 27.2. The number of hydrogen-bond acceptors (Lipinski definition) is 6. The summed E-state index contributed by atoms with van der Waals surface area (Å²) in [7, 11) is 0. The third kappa shape index (κ3) is 23.6. The molecule has 0 amide bonds. The molecular weight excluding hydrogens is 384 g/mol. The van der Waals surface area contributed by atoms with Crippen molar-refractivity contribution in [1.82, 2.24) is 0 Å². The van der Waals surface area contributed by atoms with E-state index in [2.05, 4.69) is 41.5 Å². The van der Waals surface area contributed by atoms with E-state index in [4.69, 9.17) is 23.7 Å². The summed E-state index contributed by atoms with van der Waals surface area (Å²) in [5, 5.41) is 0. The van der Waals surface area contributed by atoms with Crippen molar-refractivity contribution in [3.63, 3.8) is 0 Å². The topological polar surface area (TPSA) is 63.2 Å². The van der Waals surface area contributed by atoms with E-state index in [1.54, 1.807) is 0 Å². The summed E-state index contributed by atoms with van der Waals surface area (Å²) in [5.74, 6) is 1.10. The fraction of sp³-hybridized carbons (Fsp3) is 0.958. The Morgan fingerprint density at radius 1 is 0.700 bits per heavy atom. The molecule has 0 aliphatic carbocycles. The Balaban J connectivity index is 3.27. The lowest BCUT2D eigenvalue weighted by molar-refractivity contribution is -0.144. The first-order valence-corrected chi connectivity index (χ1v) is 11.7. The molecular formula is C24H48O6. The van der Waals surface area contributed by atoms with Crippen LogP contribution in [0.5, 0.6) is 0 Å². The van der Waals surface area contributed by atoms with Gasteiger partial charge in [-0.15, -0.1) is 0 Å². The van der Waals surface area contributed by atoms with Gasteiger partial charge in [0, 0.05) is 19.6 Å². The van der Waals surface area contributed by atoms with Crippen LogP contribution in [0.25, 0.3) is 0 Å². The SMILES string of the molecule is CC(C)CCOCCOCCOCCOCCCC(=O)OCCC(C)CC(C)(C)C. The van der Waals surface area contributed by atoms with E-state index in [1.807, 2.05) is 0 Å². The second-order valence-corrected chi connectivity index (χ2v) is 9.61. The highest BCUT2D eigenvalue weighted by molar-refractivity contribution is 5.69. The van der Waals surface area contributed by atoms with Gasteiger partial charge in [0.25, 0.3) is 0 Å². The van der Waals surface area contributed by atoms with Gasteiger partial charge in [0.2, 0.25) is 0 Å². The molecule has 0 spiro atoms. The molecule has 0 fully saturated rings. The van der Waals surface area contributed by atoms with Gasteiger partial charge in [-0.05, 0) is 42.9 Å². The van der Waals surface area contributed by atoms with Gasteiger partial charge in [0.1, 0.15) is 0 Å². The van der Waals surface area contributed by atoms with Gasteiger partial charge in [-0.25, -0.2) is 0 Å². The highest BCUT2D eigenvalue weighted by atomic mass is 16.6. The van der Waals surface area contributed by atoms with Gasteiger partial charge in [-0.1, -0.05) is 41.5 Å². The van der Waals surface area contributed by atoms with E-state index in [0.29, 0.717) is 82.9 Å². The van der Waals surface area contributed by atoms with Crippen LogP contribution in [0, 0.1) is 17.3 Å². The molecule has 0 aliphatic heterocycles. The monoisotopic (exact) mass is 432 g/mol. The average Bonchev–Trinajstić information content (AvgIpc) is 2.63. The third-order valence-electron chi connectivity index (χ3n) is 4.46. The molecule has 1 unspecified atom stereocenters. The van der Waals surface area contributed by atoms with Crippen molar-refractivity contribution in [2.75, 3.05) is 59.5 Å². The third-order valence-corrected chi connectivity index (χ3v) is 4.46. The molecule has 0 heterocycles. The Bertz CT molecular complexity index is 392. The maximum absolute atomic E-state index is 11.7. The molecule has 0 rings (SSSR count). The number of carbonyl (C=O) groups excluding carboxylic acids is 1. The first-order valence-electron chi connectivity index (χ1n) is 11.7. The van der Waals surface area contributed by atoms with Crippen molar-refractivity contribution in [3.8, 4) is 0 Å². The summed E-state index contributed by atoms with van der Waals surface area (Å²) in [6, 6.07) is 0. The van der Waals surface area contributed by atoms with E-state index in [0.717, 1.165) is 25.9 Å². The molecule has 0 aromatic heterocycles. The molecule has 0 aromatic carbocycles. The lowest BCUT2D eigenvalue weighted by Gasteiger charge is -2.22. The van der Waals surface area contributed by atoms with Crippen LogP contribution in [0.1, 0.15) is 73.6 Å². The molecule has 6 nitrogen and oxygen atoms in total. The highest BCUT2D eigenvalue weighted by Gasteiger charge is 2.15. The van der Waals surface area contributed by atoms with Crippen molar-refractivity contribution in [3.05, 3.63) is 0 Å². The Kier molecular flexibility index (Phi) is 18.6. The zero-order chi connectivity index (χ0) is 22.7. The van der Waals surface area contributed by atoms with Crippen molar-refractivity contribution in [1.29, 1.82) is 0 Å². The summed E-state index contributed by atoms with van der Waals surface area (Å²) >= 11 is 0. The van der Waals surface area contributed by atoms with Crippen LogP contribution in [0.3, 0.4) is 0 Å². The maximum atomic E-state index is 11.7. The molecule has 0 saturated heterocycles. The molecule has 0 aromatic rings. The van der Waals surface area contributed by atoms with Crippen molar-refractivity contribution < 1.29 is 28.5 Å². The summed E-state index contributed by atoms with van der Waals surface area (Å²) in [5.41, 5.74) is 0.319. The van der Waals surface area contributed by atoms with Crippen LogP contribution in [0.4, 0.5) is 0 Å². The molecule has 180 valence electrons. The number of hydrogen-bond donors (Lipinski definition) is 0. The van der Waals surface area contributed by atoms with Crippen LogP contribution in [0.15, 0.2) is 0 Å². The van der Waals surface area contributed by atoms with Crippen LogP contribution >= 0.6 is 0 Å². The number of ether oxygens (including phenoxy) is 5. The Morgan fingerprint density at radius 2 is 1.20 bits per heavy atom. The van der Waals surface area contributed by atoms with Gasteiger partial charge < -0.3 is 23.7 Å². The largest absolute Gasteiger partial charge is 0.466 e. The van der Waals surface area contributed by atoms with Crippen molar-refractivity contribution >= 4 is 5.97 Å². The average molecular weight is 433 g/mol. The lowest BCUT2D eigenvalue weighted by Crippen LogP contribution is -2.14. The van der Waals surface area contributed by atoms with Crippen molar-refractivity contribution in [2.45, 2.75) is 73.6 Å². The van der Waals surface area contributed by atoms with Gasteiger partial charge >= 0.3 is 5.97 Å². The van der Waals surface area contributed by atoms with Gasteiger partial charge in [0.15, 0.2) is 0 Å². The van der Waals surface area contributed by atoms with E-state index >= 15 is 0 Å². The minimum absolute atomic E-state index is 0.136. The molecule has 30 heavy (non-hydrogen) atoms. The smallest absolute Gasteiger partial charge is 0.305 e. The second kappa shape index (κ2) is 19.0. The van der Waals surface area contributed by atoms with E-state index < -0.39 is 0 Å².